The van der Waals surface area contributed by atoms with Crippen molar-refractivity contribution in [3.8, 4) is 5.75 Å². The van der Waals surface area contributed by atoms with Gasteiger partial charge in [-0.2, -0.15) is 0 Å². The zero-order valence-electron chi connectivity index (χ0n) is 21.0. The zero-order valence-corrected chi connectivity index (χ0v) is 21.0. The minimum atomic E-state index is -0.550. The van der Waals surface area contributed by atoms with Crippen molar-refractivity contribution < 1.29 is 14.7 Å². The molecule has 0 bridgehead atoms. The van der Waals surface area contributed by atoms with Gasteiger partial charge in [0.25, 0.3) is 5.91 Å². The first-order valence-corrected chi connectivity index (χ1v) is 12.6. The average Bonchev–Trinajstić information content (AvgIpc) is 3.38. The van der Waals surface area contributed by atoms with Crippen LogP contribution in [-0.2, 0) is 0 Å². The Labute approximate surface area is 224 Å². The Morgan fingerprint density at radius 3 is 2.59 bits per heavy atom. The molecular formula is C32H26N4O3. The molecule has 4 aromatic carbocycles. The van der Waals surface area contributed by atoms with Crippen LogP contribution in [0.2, 0.25) is 0 Å². The maximum atomic E-state index is 11.7. The Morgan fingerprint density at radius 2 is 1.72 bits per heavy atom. The van der Waals surface area contributed by atoms with E-state index in [1.165, 1.54) is 0 Å². The second kappa shape index (κ2) is 10.7. The number of carbonyl (C=O) groups is 1. The van der Waals surface area contributed by atoms with Crippen molar-refractivity contribution in [1.82, 2.24) is 15.4 Å². The highest BCUT2D eigenvalue weighted by Crippen LogP contribution is 2.31. The summed E-state index contributed by atoms with van der Waals surface area (Å²) in [6, 6.07) is 31.4. The number of anilines is 1. The number of benzene rings is 4. The van der Waals surface area contributed by atoms with E-state index in [-0.39, 0.29) is 0 Å². The molecule has 6 aromatic rings. The molecular weight excluding hydrogens is 488 g/mol. The van der Waals surface area contributed by atoms with E-state index in [0.29, 0.717) is 18.7 Å². The predicted molar refractivity (Wildman–Crippen MR) is 155 cm³/mol. The van der Waals surface area contributed by atoms with Crippen molar-refractivity contribution in [2.75, 3.05) is 18.5 Å². The van der Waals surface area contributed by atoms with Gasteiger partial charge in [0.1, 0.15) is 12.4 Å². The number of carbonyl (C=O) groups excluding carboxylic acids is 1. The lowest BCUT2D eigenvalue weighted by Gasteiger charge is -2.13. The van der Waals surface area contributed by atoms with Crippen LogP contribution in [0, 0.1) is 0 Å². The fraction of sp³-hybridized carbons (Fsp3) is 0.0625. The molecule has 0 aliphatic heterocycles. The molecule has 0 spiro atoms. The van der Waals surface area contributed by atoms with Crippen LogP contribution in [0.15, 0.2) is 109 Å². The highest BCUT2D eigenvalue weighted by Gasteiger charge is 2.10. The lowest BCUT2D eigenvalue weighted by atomic mass is 10.1. The van der Waals surface area contributed by atoms with E-state index < -0.39 is 5.91 Å². The maximum Gasteiger partial charge on any atom is 0.274 e. The Balaban J connectivity index is 1.27. The summed E-state index contributed by atoms with van der Waals surface area (Å²) < 4.78 is 6.37. The van der Waals surface area contributed by atoms with E-state index in [0.717, 1.165) is 55.3 Å². The van der Waals surface area contributed by atoms with Crippen molar-refractivity contribution in [2.24, 2.45) is 0 Å². The standard InChI is InChI=1S/C32H26N4O3/c37-32(36-38)23-14-12-21(13-15-23)16-22(18-33-25-17-24-6-1-3-9-28(24)34-19-25)20-39-30-11-5-8-27-26-7-2-4-10-29(26)35-31(27)30/h1-17,19,33,35,38H,18,20H2,(H,36,37). The number of H-pyrrole nitrogens is 1. The zero-order chi connectivity index (χ0) is 26.6. The Bertz CT molecular complexity index is 1820. The monoisotopic (exact) mass is 514 g/mol. The number of hydrogen-bond acceptors (Lipinski definition) is 5. The molecule has 0 saturated heterocycles. The molecule has 7 heteroatoms. The molecule has 7 nitrogen and oxygen atoms in total. The van der Waals surface area contributed by atoms with Crippen LogP contribution in [0.25, 0.3) is 38.8 Å². The number of aromatic amines is 1. The van der Waals surface area contributed by atoms with Crippen LogP contribution < -0.4 is 15.5 Å². The smallest absolute Gasteiger partial charge is 0.274 e. The summed E-state index contributed by atoms with van der Waals surface area (Å²) in [7, 11) is 0. The number of pyridine rings is 1. The number of para-hydroxylation sites is 3. The molecule has 0 radical (unpaired) electrons. The van der Waals surface area contributed by atoms with Gasteiger partial charge >= 0.3 is 0 Å². The average molecular weight is 515 g/mol. The molecule has 0 saturated carbocycles. The van der Waals surface area contributed by atoms with Gasteiger partial charge in [-0.25, -0.2) is 5.48 Å². The van der Waals surface area contributed by atoms with Gasteiger partial charge in [-0.15, -0.1) is 0 Å². The molecule has 39 heavy (non-hydrogen) atoms. The first-order valence-electron chi connectivity index (χ1n) is 12.6. The topological polar surface area (TPSA) is 99.3 Å². The van der Waals surface area contributed by atoms with E-state index >= 15 is 0 Å². The van der Waals surface area contributed by atoms with E-state index in [9.17, 15) is 4.79 Å². The largest absolute Gasteiger partial charge is 0.487 e. The van der Waals surface area contributed by atoms with Gasteiger partial charge in [-0.05, 0) is 47.5 Å². The van der Waals surface area contributed by atoms with Gasteiger partial charge in [0.15, 0.2) is 0 Å². The summed E-state index contributed by atoms with van der Waals surface area (Å²) in [5, 5.41) is 15.7. The number of rotatable bonds is 8. The van der Waals surface area contributed by atoms with Crippen molar-refractivity contribution in [1.29, 1.82) is 0 Å². The highest BCUT2D eigenvalue weighted by molar-refractivity contribution is 6.09. The van der Waals surface area contributed by atoms with Crippen LogP contribution in [0.5, 0.6) is 5.75 Å². The summed E-state index contributed by atoms with van der Waals surface area (Å²) in [5.41, 5.74) is 7.82. The summed E-state index contributed by atoms with van der Waals surface area (Å²) in [6.45, 7) is 0.878. The fourth-order valence-corrected chi connectivity index (χ4v) is 4.69. The van der Waals surface area contributed by atoms with Gasteiger partial charge < -0.3 is 15.0 Å². The van der Waals surface area contributed by atoms with Crippen LogP contribution in [0.1, 0.15) is 15.9 Å². The van der Waals surface area contributed by atoms with E-state index in [4.69, 9.17) is 9.94 Å². The van der Waals surface area contributed by atoms with Gasteiger partial charge in [0.2, 0.25) is 0 Å². The molecule has 0 unspecified atom stereocenters. The molecule has 0 aliphatic rings. The number of hydroxylamine groups is 1. The maximum absolute atomic E-state index is 11.7. The Hall–Kier alpha value is -5.14. The third kappa shape index (κ3) is 5.16. The minimum Gasteiger partial charge on any atom is -0.487 e. The molecule has 0 aliphatic carbocycles. The first-order chi connectivity index (χ1) is 19.2. The molecule has 6 rings (SSSR count). The minimum absolute atomic E-state index is 0.349. The number of fused-ring (bicyclic) bond motifs is 4. The Morgan fingerprint density at radius 1 is 0.923 bits per heavy atom. The highest BCUT2D eigenvalue weighted by atomic mass is 16.5. The van der Waals surface area contributed by atoms with E-state index in [1.54, 1.807) is 17.6 Å². The second-order valence-electron chi connectivity index (χ2n) is 9.27. The number of hydrogen-bond donors (Lipinski definition) is 4. The molecule has 4 N–H and O–H groups in total. The quantitative estimate of drug-likeness (QED) is 0.136. The Kier molecular flexibility index (Phi) is 6.64. The van der Waals surface area contributed by atoms with Gasteiger partial charge in [0.05, 0.1) is 22.9 Å². The summed E-state index contributed by atoms with van der Waals surface area (Å²) >= 11 is 0. The van der Waals surface area contributed by atoms with Crippen molar-refractivity contribution in [3.05, 3.63) is 120 Å². The molecule has 192 valence electrons. The third-order valence-electron chi connectivity index (χ3n) is 6.67. The van der Waals surface area contributed by atoms with Crippen LogP contribution in [-0.4, -0.2) is 34.2 Å². The van der Waals surface area contributed by atoms with Gasteiger partial charge in [-0.3, -0.25) is 15.0 Å². The summed E-state index contributed by atoms with van der Waals surface area (Å²) in [6.07, 6.45) is 3.86. The number of nitrogens with one attached hydrogen (secondary N) is 3. The SMILES string of the molecule is O=C(NO)c1ccc(C=C(CNc2cnc3ccccc3c2)COc2cccc3c2[nH]c2ccccc23)cc1. The molecule has 2 heterocycles. The summed E-state index contributed by atoms with van der Waals surface area (Å²) in [5.74, 6) is 0.225. The van der Waals surface area contributed by atoms with Crippen molar-refractivity contribution >= 4 is 50.4 Å². The van der Waals surface area contributed by atoms with E-state index in [1.807, 2.05) is 72.9 Å². The number of ether oxygens (including phenoxy) is 1. The van der Waals surface area contributed by atoms with Crippen LogP contribution in [0.4, 0.5) is 5.69 Å². The van der Waals surface area contributed by atoms with Crippen LogP contribution >= 0.6 is 0 Å². The predicted octanol–water partition coefficient (Wildman–Crippen LogP) is 6.56. The molecule has 1 amide bonds. The normalized spacial score (nSPS) is 11.7. The summed E-state index contributed by atoms with van der Waals surface area (Å²) in [4.78, 5) is 19.8. The number of amides is 1. The first kappa shape index (κ1) is 24.2. The molecule has 0 fully saturated rings. The lowest BCUT2D eigenvalue weighted by molar-refractivity contribution is 0.0706. The molecule has 0 atom stereocenters. The van der Waals surface area contributed by atoms with Gasteiger partial charge in [0, 0.05) is 33.8 Å². The third-order valence-corrected chi connectivity index (χ3v) is 6.67. The lowest BCUT2D eigenvalue weighted by Crippen LogP contribution is -2.18. The van der Waals surface area contributed by atoms with Crippen LogP contribution in [0.3, 0.4) is 0 Å². The number of aromatic nitrogens is 2. The van der Waals surface area contributed by atoms with Crippen molar-refractivity contribution in [3.63, 3.8) is 0 Å². The van der Waals surface area contributed by atoms with E-state index in [2.05, 4.69) is 39.6 Å². The van der Waals surface area contributed by atoms with Crippen molar-refractivity contribution in [2.45, 2.75) is 0 Å². The molecule has 2 aromatic heterocycles. The van der Waals surface area contributed by atoms with Gasteiger partial charge in [-0.1, -0.05) is 66.7 Å². The fourth-order valence-electron chi connectivity index (χ4n) is 4.69. The second-order valence-corrected chi connectivity index (χ2v) is 9.27. The number of nitrogens with zero attached hydrogens (tertiary/aromatic N) is 1.